The van der Waals surface area contributed by atoms with Crippen molar-refractivity contribution in [2.24, 2.45) is 5.73 Å². The Morgan fingerprint density at radius 2 is 2.23 bits per heavy atom. The van der Waals surface area contributed by atoms with Gasteiger partial charge in [0, 0.05) is 20.1 Å². The van der Waals surface area contributed by atoms with Gasteiger partial charge in [0.1, 0.15) is 6.61 Å². The van der Waals surface area contributed by atoms with Crippen molar-refractivity contribution in [1.29, 1.82) is 0 Å². The number of amides is 1. The number of carbonyl (C=O) groups is 1. The minimum Gasteiger partial charge on any atom is -0.367 e. The molecule has 0 aromatic rings. The highest BCUT2D eigenvalue weighted by atomic mass is 16.5. The van der Waals surface area contributed by atoms with Crippen LogP contribution < -0.4 is 5.73 Å². The Bertz CT molecular complexity index is 182. The minimum absolute atomic E-state index is 0.000833. The van der Waals surface area contributed by atoms with Crippen LogP contribution >= 0.6 is 0 Å². The molecule has 0 radical (unpaired) electrons. The van der Waals surface area contributed by atoms with Gasteiger partial charge in [-0.1, -0.05) is 0 Å². The molecule has 2 N–H and O–H groups in total. The van der Waals surface area contributed by atoms with Gasteiger partial charge in [-0.2, -0.15) is 0 Å². The number of likely N-dealkylation sites (N-methyl/N-ethyl adjacent to an activating group) is 1. The summed E-state index contributed by atoms with van der Waals surface area (Å²) in [5.41, 5.74) is 5.79. The summed E-state index contributed by atoms with van der Waals surface area (Å²) in [6, 6.07) is 0.120. The van der Waals surface area contributed by atoms with Gasteiger partial charge in [0.2, 0.25) is 5.91 Å². The molecule has 1 rings (SSSR count). The quantitative estimate of drug-likeness (QED) is 0.673. The zero-order valence-electron chi connectivity index (χ0n) is 8.32. The zero-order valence-corrected chi connectivity index (χ0v) is 8.32. The van der Waals surface area contributed by atoms with E-state index in [0.29, 0.717) is 0 Å². The van der Waals surface area contributed by atoms with Crippen LogP contribution in [0.3, 0.4) is 0 Å². The first-order valence-electron chi connectivity index (χ1n) is 4.68. The Morgan fingerprint density at radius 1 is 1.54 bits per heavy atom. The number of nitrogens with two attached hydrogens (primary N) is 1. The van der Waals surface area contributed by atoms with Gasteiger partial charge in [-0.05, 0) is 19.3 Å². The van der Waals surface area contributed by atoms with Crippen LogP contribution in [0.4, 0.5) is 0 Å². The summed E-state index contributed by atoms with van der Waals surface area (Å²) in [6.45, 7) is 0.158. The van der Waals surface area contributed by atoms with E-state index >= 15 is 0 Å². The standard InChI is InChI=1S/C9H18N2O2/c1-11(2)9(12)6-13-8-5-3-4-7(8)10/h7-8H,3-6,10H2,1-2H3. The van der Waals surface area contributed by atoms with Crippen LogP contribution in [0.5, 0.6) is 0 Å². The fraction of sp³-hybridized carbons (Fsp3) is 0.889. The van der Waals surface area contributed by atoms with E-state index in [0.717, 1.165) is 19.3 Å². The van der Waals surface area contributed by atoms with Crippen molar-refractivity contribution < 1.29 is 9.53 Å². The Kier molecular flexibility index (Phi) is 3.69. The molecule has 0 aromatic carbocycles. The molecule has 0 heterocycles. The summed E-state index contributed by atoms with van der Waals surface area (Å²) >= 11 is 0. The third kappa shape index (κ3) is 2.97. The Morgan fingerprint density at radius 3 is 2.69 bits per heavy atom. The largest absolute Gasteiger partial charge is 0.367 e. The van der Waals surface area contributed by atoms with E-state index in [-0.39, 0.29) is 24.7 Å². The molecule has 1 aliphatic carbocycles. The second-order valence-corrected chi connectivity index (χ2v) is 3.73. The highest BCUT2D eigenvalue weighted by molar-refractivity contribution is 5.76. The van der Waals surface area contributed by atoms with Crippen molar-refractivity contribution in [3.8, 4) is 0 Å². The zero-order chi connectivity index (χ0) is 9.84. The molecule has 0 aromatic heterocycles. The van der Waals surface area contributed by atoms with Crippen molar-refractivity contribution in [3.05, 3.63) is 0 Å². The van der Waals surface area contributed by atoms with E-state index in [9.17, 15) is 4.79 Å². The van der Waals surface area contributed by atoms with Crippen molar-refractivity contribution in [1.82, 2.24) is 4.90 Å². The van der Waals surface area contributed by atoms with Gasteiger partial charge in [-0.25, -0.2) is 0 Å². The second-order valence-electron chi connectivity index (χ2n) is 3.73. The molecule has 4 nitrogen and oxygen atoms in total. The van der Waals surface area contributed by atoms with Crippen molar-refractivity contribution in [2.45, 2.75) is 31.4 Å². The number of nitrogens with zero attached hydrogens (tertiary/aromatic N) is 1. The highest BCUT2D eigenvalue weighted by Gasteiger charge is 2.25. The van der Waals surface area contributed by atoms with E-state index < -0.39 is 0 Å². The van der Waals surface area contributed by atoms with Gasteiger partial charge in [0.15, 0.2) is 0 Å². The van der Waals surface area contributed by atoms with Gasteiger partial charge in [-0.3, -0.25) is 4.79 Å². The van der Waals surface area contributed by atoms with Crippen LogP contribution in [0.25, 0.3) is 0 Å². The average Bonchev–Trinajstić information content (AvgIpc) is 2.47. The van der Waals surface area contributed by atoms with E-state index in [2.05, 4.69) is 0 Å². The summed E-state index contributed by atoms with van der Waals surface area (Å²) in [6.07, 6.45) is 3.20. The number of rotatable bonds is 3. The third-order valence-electron chi connectivity index (χ3n) is 2.42. The molecule has 1 saturated carbocycles. The molecule has 0 bridgehead atoms. The average molecular weight is 186 g/mol. The fourth-order valence-electron chi connectivity index (χ4n) is 1.47. The molecule has 1 amide bonds. The van der Waals surface area contributed by atoms with Crippen LogP contribution in [-0.2, 0) is 9.53 Å². The topological polar surface area (TPSA) is 55.6 Å². The first kappa shape index (κ1) is 10.5. The highest BCUT2D eigenvalue weighted by Crippen LogP contribution is 2.19. The summed E-state index contributed by atoms with van der Waals surface area (Å²) in [7, 11) is 3.44. The summed E-state index contributed by atoms with van der Waals surface area (Å²) in [4.78, 5) is 12.7. The fourth-order valence-corrected chi connectivity index (χ4v) is 1.47. The Labute approximate surface area is 79.0 Å². The van der Waals surface area contributed by atoms with Crippen molar-refractivity contribution >= 4 is 5.91 Å². The molecule has 0 saturated heterocycles. The Hall–Kier alpha value is -0.610. The molecular formula is C9H18N2O2. The number of hydrogen-bond donors (Lipinski definition) is 1. The SMILES string of the molecule is CN(C)C(=O)COC1CCCC1N. The Balaban J connectivity index is 2.22. The second kappa shape index (κ2) is 4.58. The molecule has 0 aliphatic heterocycles. The van der Waals surface area contributed by atoms with Gasteiger partial charge >= 0.3 is 0 Å². The molecule has 13 heavy (non-hydrogen) atoms. The van der Waals surface area contributed by atoms with Crippen LogP contribution in [-0.4, -0.2) is 43.7 Å². The summed E-state index contributed by atoms with van der Waals surface area (Å²) in [5.74, 6) is -0.000833. The molecule has 76 valence electrons. The lowest BCUT2D eigenvalue weighted by Gasteiger charge is -2.17. The van der Waals surface area contributed by atoms with E-state index in [1.165, 1.54) is 4.90 Å². The molecule has 2 atom stereocenters. The number of ether oxygens (including phenoxy) is 1. The van der Waals surface area contributed by atoms with Gasteiger partial charge in [0.05, 0.1) is 6.10 Å². The lowest BCUT2D eigenvalue weighted by atomic mass is 10.2. The monoisotopic (exact) mass is 186 g/mol. The van der Waals surface area contributed by atoms with Crippen molar-refractivity contribution in [3.63, 3.8) is 0 Å². The molecule has 1 aliphatic rings. The van der Waals surface area contributed by atoms with E-state index in [1.54, 1.807) is 14.1 Å². The first-order chi connectivity index (χ1) is 6.11. The normalized spacial score (nSPS) is 27.6. The smallest absolute Gasteiger partial charge is 0.248 e. The summed E-state index contributed by atoms with van der Waals surface area (Å²) < 4.78 is 5.42. The van der Waals surface area contributed by atoms with Crippen LogP contribution in [0, 0.1) is 0 Å². The molecule has 0 spiro atoms. The number of carbonyl (C=O) groups excluding carboxylic acids is 1. The maximum atomic E-state index is 11.2. The van der Waals surface area contributed by atoms with E-state index in [1.807, 2.05) is 0 Å². The molecule has 1 fully saturated rings. The maximum absolute atomic E-state index is 11.2. The maximum Gasteiger partial charge on any atom is 0.248 e. The third-order valence-corrected chi connectivity index (χ3v) is 2.42. The lowest BCUT2D eigenvalue weighted by molar-refractivity contribution is -0.135. The lowest BCUT2D eigenvalue weighted by Crippen LogP contribution is -2.35. The van der Waals surface area contributed by atoms with Gasteiger partial charge in [-0.15, -0.1) is 0 Å². The molecule has 2 unspecified atom stereocenters. The predicted molar refractivity (Wildman–Crippen MR) is 50.3 cm³/mol. The van der Waals surface area contributed by atoms with Crippen LogP contribution in [0.1, 0.15) is 19.3 Å². The molecular weight excluding hydrogens is 168 g/mol. The number of hydrogen-bond acceptors (Lipinski definition) is 3. The van der Waals surface area contributed by atoms with Crippen molar-refractivity contribution in [2.75, 3.05) is 20.7 Å². The predicted octanol–water partition coefficient (Wildman–Crippen LogP) is -0.0290. The van der Waals surface area contributed by atoms with Crippen LogP contribution in [0.15, 0.2) is 0 Å². The minimum atomic E-state index is -0.000833. The molecule has 4 heteroatoms. The first-order valence-corrected chi connectivity index (χ1v) is 4.68. The summed E-state index contributed by atoms with van der Waals surface area (Å²) in [5, 5.41) is 0. The van der Waals surface area contributed by atoms with Gasteiger partial charge in [0.25, 0.3) is 0 Å². The van der Waals surface area contributed by atoms with Gasteiger partial charge < -0.3 is 15.4 Å². The van der Waals surface area contributed by atoms with Crippen LogP contribution in [0.2, 0.25) is 0 Å². The van der Waals surface area contributed by atoms with E-state index in [4.69, 9.17) is 10.5 Å².